The zero-order chi connectivity index (χ0) is 13.0. The summed E-state index contributed by atoms with van der Waals surface area (Å²) in [5.74, 6) is 0.240. The van der Waals surface area contributed by atoms with Crippen molar-refractivity contribution in [1.82, 2.24) is 4.98 Å². The highest BCUT2D eigenvalue weighted by atomic mass is 32.1. The van der Waals surface area contributed by atoms with Crippen LogP contribution < -0.4 is 10.1 Å². The van der Waals surface area contributed by atoms with Crippen LogP contribution in [0.15, 0.2) is 29.8 Å². The van der Waals surface area contributed by atoms with Crippen LogP contribution in [0, 0.1) is 10.1 Å². The Morgan fingerprint density at radius 1 is 1.56 bits per heavy atom. The molecule has 0 fully saturated rings. The SMILES string of the molecule is COc1cccc(NCc2nccs2)c1[N+](=O)[O-]. The van der Waals surface area contributed by atoms with Gasteiger partial charge in [-0.25, -0.2) is 4.98 Å². The fourth-order valence-electron chi connectivity index (χ4n) is 1.53. The van der Waals surface area contributed by atoms with E-state index in [9.17, 15) is 10.1 Å². The number of aromatic nitrogens is 1. The summed E-state index contributed by atoms with van der Waals surface area (Å²) < 4.78 is 4.99. The van der Waals surface area contributed by atoms with Gasteiger partial charge in [-0.2, -0.15) is 0 Å². The lowest BCUT2D eigenvalue weighted by Crippen LogP contribution is -2.03. The third kappa shape index (κ3) is 2.57. The van der Waals surface area contributed by atoms with Crippen molar-refractivity contribution in [2.45, 2.75) is 6.54 Å². The second-order valence-electron chi connectivity index (χ2n) is 3.39. The maximum Gasteiger partial charge on any atom is 0.333 e. The van der Waals surface area contributed by atoms with Crippen LogP contribution >= 0.6 is 11.3 Å². The van der Waals surface area contributed by atoms with Gasteiger partial charge < -0.3 is 10.1 Å². The Morgan fingerprint density at radius 2 is 2.39 bits per heavy atom. The maximum absolute atomic E-state index is 11.0. The van der Waals surface area contributed by atoms with E-state index in [1.54, 1.807) is 24.4 Å². The van der Waals surface area contributed by atoms with E-state index in [2.05, 4.69) is 10.3 Å². The molecule has 1 heterocycles. The molecule has 1 aromatic heterocycles. The number of nitro benzene ring substituents is 1. The first-order valence-electron chi connectivity index (χ1n) is 5.16. The monoisotopic (exact) mass is 265 g/mol. The third-order valence-electron chi connectivity index (χ3n) is 2.32. The molecular formula is C11H11N3O3S. The second kappa shape index (κ2) is 5.46. The molecule has 0 radical (unpaired) electrons. The molecule has 0 aliphatic rings. The van der Waals surface area contributed by atoms with Gasteiger partial charge >= 0.3 is 5.69 Å². The summed E-state index contributed by atoms with van der Waals surface area (Å²) in [6, 6.07) is 4.91. The number of nitrogens with zero attached hydrogens (tertiary/aromatic N) is 2. The van der Waals surface area contributed by atoms with E-state index < -0.39 is 4.92 Å². The fraction of sp³-hybridized carbons (Fsp3) is 0.182. The van der Waals surface area contributed by atoms with Crippen molar-refractivity contribution in [3.63, 3.8) is 0 Å². The molecule has 0 atom stereocenters. The van der Waals surface area contributed by atoms with E-state index in [0.29, 0.717) is 12.2 Å². The van der Waals surface area contributed by atoms with Gasteiger partial charge in [0.25, 0.3) is 0 Å². The highest BCUT2D eigenvalue weighted by Gasteiger charge is 2.20. The summed E-state index contributed by atoms with van der Waals surface area (Å²) in [6.07, 6.45) is 1.70. The number of rotatable bonds is 5. The Bertz CT molecular complexity index is 542. The molecule has 6 nitrogen and oxygen atoms in total. The Kier molecular flexibility index (Phi) is 3.73. The number of nitrogens with one attached hydrogen (secondary N) is 1. The molecule has 2 rings (SSSR count). The summed E-state index contributed by atoms with van der Waals surface area (Å²) in [5.41, 5.74) is 0.367. The zero-order valence-electron chi connectivity index (χ0n) is 9.62. The Morgan fingerprint density at radius 3 is 3.00 bits per heavy atom. The number of para-hydroxylation sites is 1. The highest BCUT2D eigenvalue weighted by Crippen LogP contribution is 2.34. The van der Waals surface area contributed by atoms with Gasteiger partial charge in [-0.1, -0.05) is 6.07 Å². The Balaban J connectivity index is 2.24. The molecule has 1 N–H and O–H groups in total. The number of nitro groups is 1. The number of benzene rings is 1. The molecule has 0 bridgehead atoms. The lowest BCUT2D eigenvalue weighted by Gasteiger charge is -2.08. The van der Waals surface area contributed by atoms with Crippen molar-refractivity contribution < 1.29 is 9.66 Å². The van der Waals surface area contributed by atoms with Crippen molar-refractivity contribution in [3.8, 4) is 5.75 Å². The molecule has 7 heteroatoms. The van der Waals surface area contributed by atoms with Gasteiger partial charge in [-0.15, -0.1) is 11.3 Å². The minimum atomic E-state index is -0.455. The van der Waals surface area contributed by atoms with Gasteiger partial charge in [0, 0.05) is 11.6 Å². The van der Waals surface area contributed by atoms with Crippen LogP contribution in [0.5, 0.6) is 5.75 Å². The van der Waals surface area contributed by atoms with Gasteiger partial charge in [0.1, 0.15) is 10.7 Å². The quantitative estimate of drug-likeness (QED) is 0.664. The van der Waals surface area contributed by atoms with Crippen LogP contribution in [0.25, 0.3) is 0 Å². The molecule has 1 aromatic carbocycles. The molecule has 2 aromatic rings. The van der Waals surface area contributed by atoms with Crippen molar-refractivity contribution in [2.75, 3.05) is 12.4 Å². The number of anilines is 1. The lowest BCUT2D eigenvalue weighted by atomic mass is 10.2. The minimum Gasteiger partial charge on any atom is -0.490 e. The molecule has 0 saturated carbocycles. The molecule has 0 spiro atoms. The van der Waals surface area contributed by atoms with Crippen LogP contribution in [0.1, 0.15) is 5.01 Å². The minimum absolute atomic E-state index is 0.0587. The average molecular weight is 265 g/mol. The van der Waals surface area contributed by atoms with E-state index >= 15 is 0 Å². The highest BCUT2D eigenvalue weighted by molar-refractivity contribution is 7.09. The summed E-state index contributed by atoms with van der Waals surface area (Å²) in [4.78, 5) is 14.7. The van der Waals surface area contributed by atoms with Crippen molar-refractivity contribution in [1.29, 1.82) is 0 Å². The largest absolute Gasteiger partial charge is 0.490 e. The summed E-state index contributed by atoms with van der Waals surface area (Å²) in [7, 11) is 1.41. The van der Waals surface area contributed by atoms with Gasteiger partial charge in [-0.05, 0) is 12.1 Å². The van der Waals surface area contributed by atoms with Crippen molar-refractivity contribution in [2.24, 2.45) is 0 Å². The normalized spacial score (nSPS) is 10.1. The summed E-state index contributed by atoms with van der Waals surface area (Å²) >= 11 is 1.49. The van der Waals surface area contributed by atoms with E-state index in [4.69, 9.17) is 4.74 Å². The average Bonchev–Trinajstić information content (AvgIpc) is 2.88. The van der Waals surface area contributed by atoms with Crippen LogP contribution in [-0.2, 0) is 6.54 Å². The molecule has 18 heavy (non-hydrogen) atoms. The molecule has 0 amide bonds. The Hall–Kier alpha value is -2.15. The predicted molar refractivity (Wildman–Crippen MR) is 69.1 cm³/mol. The first-order chi connectivity index (χ1) is 8.72. The third-order valence-corrected chi connectivity index (χ3v) is 3.09. The summed E-state index contributed by atoms with van der Waals surface area (Å²) in [6.45, 7) is 0.450. The second-order valence-corrected chi connectivity index (χ2v) is 4.37. The number of ether oxygens (including phenoxy) is 1. The smallest absolute Gasteiger partial charge is 0.333 e. The van der Waals surface area contributed by atoms with Gasteiger partial charge in [0.15, 0.2) is 5.75 Å². The van der Waals surface area contributed by atoms with E-state index in [1.165, 1.54) is 18.4 Å². The van der Waals surface area contributed by atoms with Crippen molar-refractivity contribution in [3.05, 3.63) is 44.9 Å². The van der Waals surface area contributed by atoms with Crippen LogP contribution in [-0.4, -0.2) is 17.0 Å². The van der Waals surface area contributed by atoms with Crippen molar-refractivity contribution >= 4 is 22.7 Å². The molecule has 94 valence electrons. The van der Waals surface area contributed by atoms with E-state index in [-0.39, 0.29) is 11.4 Å². The van der Waals surface area contributed by atoms with Crippen LogP contribution in [0.4, 0.5) is 11.4 Å². The number of thiazole rings is 1. The number of methoxy groups -OCH3 is 1. The molecule has 0 saturated heterocycles. The molecule has 0 aliphatic carbocycles. The molecule has 0 aliphatic heterocycles. The first-order valence-corrected chi connectivity index (χ1v) is 6.04. The predicted octanol–water partition coefficient (Wildman–Crippen LogP) is 2.67. The van der Waals surface area contributed by atoms with E-state index in [0.717, 1.165) is 5.01 Å². The zero-order valence-corrected chi connectivity index (χ0v) is 10.4. The Labute approximate surface area is 107 Å². The van der Waals surface area contributed by atoms with Gasteiger partial charge in [0.2, 0.25) is 0 Å². The first kappa shape index (κ1) is 12.3. The standard InChI is InChI=1S/C11H11N3O3S/c1-17-9-4-2-3-8(11(9)14(15)16)13-7-10-12-5-6-18-10/h2-6,13H,7H2,1H3. The number of hydrogen-bond donors (Lipinski definition) is 1. The van der Waals surface area contributed by atoms with Crippen LogP contribution in [0.3, 0.4) is 0 Å². The lowest BCUT2D eigenvalue weighted by molar-refractivity contribution is -0.384. The van der Waals surface area contributed by atoms with Gasteiger partial charge in [-0.3, -0.25) is 10.1 Å². The fourth-order valence-corrected chi connectivity index (χ4v) is 2.09. The van der Waals surface area contributed by atoms with Crippen LogP contribution in [0.2, 0.25) is 0 Å². The van der Waals surface area contributed by atoms with Gasteiger partial charge in [0.05, 0.1) is 18.6 Å². The molecular weight excluding hydrogens is 254 g/mol. The number of hydrogen-bond acceptors (Lipinski definition) is 6. The maximum atomic E-state index is 11.0. The topological polar surface area (TPSA) is 77.3 Å². The summed E-state index contributed by atoms with van der Waals surface area (Å²) in [5, 5.41) is 16.8. The van der Waals surface area contributed by atoms with E-state index in [1.807, 2.05) is 5.38 Å². The molecule has 0 unspecified atom stereocenters.